The number of hydrogen-bond donors (Lipinski definition) is 0. The molecule has 0 radical (unpaired) electrons. The molecule has 0 saturated heterocycles. The van der Waals surface area contributed by atoms with E-state index in [2.05, 4.69) is 25.9 Å². The Bertz CT molecular complexity index is 356. The van der Waals surface area contributed by atoms with Crippen molar-refractivity contribution in [1.82, 2.24) is 9.97 Å². The molecule has 0 bridgehead atoms. The van der Waals surface area contributed by atoms with Gasteiger partial charge in [-0.1, -0.05) is 28.1 Å². The van der Waals surface area contributed by atoms with Crippen molar-refractivity contribution in [2.45, 2.75) is 20.8 Å². The Morgan fingerprint density at radius 1 is 0.895 bits per heavy atom. The van der Waals surface area contributed by atoms with Crippen LogP contribution in [0.3, 0.4) is 0 Å². The van der Waals surface area contributed by atoms with Crippen LogP contribution < -0.4 is 0 Å². The summed E-state index contributed by atoms with van der Waals surface area (Å²) in [5.41, 5.74) is 2.14. The highest BCUT2D eigenvalue weighted by atomic mass is 79.9. The number of carbonyl (C=O) groups excluding carboxylic acids is 1. The van der Waals surface area contributed by atoms with E-state index in [1.165, 1.54) is 6.92 Å². The van der Waals surface area contributed by atoms with Gasteiger partial charge in [-0.3, -0.25) is 9.97 Å². The molecule has 0 atom stereocenters. The highest BCUT2D eigenvalue weighted by Gasteiger charge is 1.74. The normalized spacial score (nSPS) is 7.42. The molecule has 0 aliphatic heterocycles. The lowest BCUT2D eigenvalue weighted by molar-refractivity contribution is -0.106. The van der Waals surface area contributed by atoms with Gasteiger partial charge in [0.1, 0.15) is 6.29 Å². The monoisotopic (exact) mass is 324 g/mol. The Kier molecular flexibility index (Phi) is 17.1. The summed E-state index contributed by atoms with van der Waals surface area (Å²) < 4.78 is 0. The van der Waals surface area contributed by atoms with Gasteiger partial charge in [0.25, 0.3) is 0 Å². The van der Waals surface area contributed by atoms with E-state index < -0.39 is 0 Å². The number of halogens is 1. The first-order chi connectivity index (χ1) is 9.20. The summed E-state index contributed by atoms with van der Waals surface area (Å²) in [6, 6.07) is 11.7. The van der Waals surface area contributed by atoms with Crippen molar-refractivity contribution in [1.29, 1.82) is 0 Å². The van der Waals surface area contributed by atoms with Crippen LogP contribution in [0.4, 0.5) is 0 Å². The highest BCUT2D eigenvalue weighted by molar-refractivity contribution is 9.08. The maximum Gasteiger partial charge on any atom is 0.116 e. The molecule has 19 heavy (non-hydrogen) atoms. The van der Waals surface area contributed by atoms with Crippen molar-refractivity contribution in [3.63, 3.8) is 0 Å². The third-order valence-electron chi connectivity index (χ3n) is 1.63. The fourth-order valence-electron chi connectivity index (χ4n) is 0.896. The molecule has 2 aromatic heterocycles. The topological polar surface area (TPSA) is 42.9 Å². The summed E-state index contributed by atoms with van der Waals surface area (Å²) in [5.74, 6) is 1.81. The molecule has 0 unspecified atom stereocenters. The lowest BCUT2D eigenvalue weighted by Crippen LogP contribution is -1.72. The van der Waals surface area contributed by atoms with Gasteiger partial charge in [0.2, 0.25) is 0 Å². The van der Waals surface area contributed by atoms with Crippen LogP contribution in [-0.4, -0.2) is 22.1 Å². The van der Waals surface area contributed by atoms with Crippen molar-refractivity contribution in [3.8, 4) is 0 Å². The van der Waals surface area contributed by atoms with Gasteiger partial charge < -0.3 is 4.79 Å². The fraction of sp³-hybridized carbons (Fsp3) is 0.267. The number of aryl methyl sites for hydroxylation is 2. The summed E-state index contributed by atoms with van der Waals surface area (Å²) in [5, 5.41) is 0. The quantitative estimate of drug-likeness (QED) is 0.543. The molecule has 0 aliphatic rings. The highest BCUT2D eigenvalue weighted by Crippen LogP contribution is 1.86. The molecule has 0 N–H and O–H groups in total. The first-order valence-corrected chi connectivity index (χ1v) is 7.32. The lowest BCUT2D eigenvalue weighted by atomic mass is 10.4. The smallest absolute Gasteiger partial charge is 0.116 e. The Morgan fingerprint density at radius 3 is 1.32 bits per heavy atom. The number of pyridine rings is 2. The van der Waals surface area contributed by atoms with Crippen molar-refractivity contribution >= 4 is 22.2 Å². The molecule has 3 nitrogen and oxygen atoms in total. The summed E-state index contributed by atoms with van der Waals surface area (Å²) in [6.07, 6.45) is 4.32. The molecule has 4 heteroatoms. The fourth-order valence-corrected chi connectivity index (χ4v) is 0.896. The largest absolute Gasteiger partial charge is 0.304 e. The number of aldehydes is 1. The molecule has 0 spiro atoms. The molecule has 104 valence electrons. The molecule has 0 aromatic carbocycles. The van der Waals surface area contributed by atoms with Crippen LogP contribution >= 0.6 is 15.9 Å². The van der Waals surface area contributed by atoms with E-state index in [0.717, 1.165) is 17.7 Å². The van der Waals surface area contributed by atoms with Gasteiger partial charge >= 0.3 is 0 Å². The average molecular weight is 325 g/mol. The van der Waals surface area contributed by atoms with Crippen LogP contribution in [0.2, 0.25) is 0 Å². The van der Waals surface area contributed by atoms with Crippen LogP contribution in [0.5, 0.6) is 0 Å². The van der Waals surface area contributed by atoms with Crippen LogP contribution in [0.15, 0.2) is 48.8 Å². The summed E-state index contributed by atoms with van der Waals surface area (Å²) in [4.78, 5) is 16.8. The summed E-state index contributed by atoms with van der Waals surface area (Å²) in [6.45, 7) is 5.39. The van der Waals surface area contributed by atoms with E-state index in [9.17, 15) is 0 Å². The third-order valence-corrected chi connectivity index (χ3v) is 1.63. The molecule has 0 fully saturated rings. The Morgan fingerprint density at radius 2 is 1.21 bits per heavy atom. The van der Waals surface area contributed by atoms with Gasteiger partial charge in [0, 0.05) is 23.8 Å². The average Bonchev–Trinajstić information content (AvgIpc) is 2.44. The van der Waals surface area contributed by atoms with Gasteiger partial charge in [-0.2, -0.15) is 0 Å². The Hall–Kier alpha value is -1.55. The zero-order valence-electron chi connectivity index (χ0n) is 11.9. The number of aromatic nitrogens is 2. The van der Waals surface area contributed by atoms with Crippen LogP contribution in [-0.2, 0) is 4.79 Å². The predicted molar refractivity (Wildman–Crippen MR) is 84.5 cm³/mol. The minimum Gasteiger partial charge on any atom is -0.304 e. The molecule has 2 rings (SSSR count). The minimum absolute atomic E-state index is 0.750. The minimum atomic E-state index is 0.750. The van der Waals surface area contributed by atoms with Crippen molar-refractivity contribution < 1.29 is 4.79 Å². The molecule has 2 heterocycles. The number of rotatable bonds is 0. The zero-order chi connectivity index (χ0) is 14.9. The van der Waals surface area contributed by atoms with Crippen LogP contribution in [0, 0.1) is 13.8 Å². The van der Waals surface area contributed by atoms with E-state index >= 15 is 0 Å². The van der Waals surface area contributed by atoms with Crippen molar-refractivity contribution in [3.05, 3.63) is 60.2 Å². The second kappa shape index (κ2) is 16.4. The maximum atomic E-state index is 8.81. The van der Waals surface area contributed by atoms with Crippen molar-refractivity contribution in [2.75, 3.05) is 5.83 Å². The van der Waals surface area contributed by atoms with Gasteiger partial charge in [0.05, 0.1) is 0 Å². The van der Waals surface area contributed by atoms with Crippen LogP contribution in [0.25, 0.3) is 0 Å². The van der Waals surface area contributed by atoms with E-state index in [0.29, 0.717) is 0 Å². The molecule has 0 amide bonds. The van der Waals surface area contributed by atoms with Gasteiger partial charge in [-0.05, 0) is 50.9 Å². The first-order valence-electron chi connectivity index (χ1n) is 5.73. The molecule has 0 aliphatic carbocycles. The van der Waals surface area contributed by atoms with E-state index in [1.54, 1.807) is 12.4 Å². The lowest BCUT2D eigenvalue weighted by Gasteiger charge is -1.82. The second-order valence-electron chi connectivity index (χ2n) is 3.18. The van der Waals surface area contributed by atoms with Gasteiger partial charge in [0.15, 0.2) is 0 Å². The van der Waals surface area contributed by atoms with Crippen molar-refractivity contribution in [2.24, 2.45) is 0 Å². The first kappa shape index (κ1) is 19.8. The van der Waals surface area contributed by atoms with Crippen LogP contribution in [0.1, 0.15) is 18.3 Å². The van der Waals surface area contributed by atoms with Gasteiger partial charge in [-0.15, -0.1) is 0 Å². The van der Waals surface area contributed by atoms with E-state index in [-0.39, 0.29) is 0 Å². The number of alkyl halides is 1. The predicted octanol–water partition coefficient (Wildman–Crippen LogP) is 4.00. The van der Waals surface area contributed by atoms with Gasteiger partial charge in [-0.25, -0.2) is 0 Å². The molecule has 2 aromatic rings. The Balaban J connectivity index is 0. The SMILES string of the molecule is CBr.CC=O.Cc1ccccn1.Cc1ccccn1. The van der Waals surface area contributed by atoms with E-state index in [1.807, 2.05) is 56.1 Å². The molecular formula is C15H21BrN2O. The third kappa shape index (κ3) is 16.4. The standard InChI is InChI=1S/2C6H7N.C2H4O.CH3Br/c2*1-6-4-2-3-5-7-6;1-2-3;1-2/h2*2-5H,1H3;2H,1H3;1H3. The zero-order valence-corrected chi connectivity index (χ0v) is 13.5. The molecule has 0 saturated carbocycles. The Labute approximate surface area is 124 Å². The second-order valence-corrected chi connectivity index (χ2v) is 3.18. The number of hydrogen-bond acceptors (Lipinski definition) is 3. The number of carbonyl (C=O) groups is 1. The molecular weight excluding hydrogens is 304 g/mol. The number of nitrogens with zero attached hydrogens (tertiary/aromatic N) is 2. The summed E-state index contributed by atoms with van der Waals surface area (Å²) in [7, 11) is 0. The van der Waals surface area contributed by atoms with E-state index in [4.69, 9.17) is 4.79 Å². The maximum absolute atomic E-state index is 8.81. The summed E-state index contributed by atoms with van der Waals surface area (Å²) >= 11 is 2.94.